The van der Waals surface area contributed by atoms with Crippen molar-refractivity contribution < 1.29 is 17.9 Å². The Morgan fingerprint density at radius 1 is 1.29 bits per heavy atom. The van der Waals surface area contributed by atoms with E-state index in [1.807, 2.05) is 6.92 Å². The zero-order valence-electron chi connectivity index (χ0n) is 12.6. The number of nitrogens with one attached hydrogen (secondary N) is 1. The highest BCUT2D eigenvalue weighted by atomic mass is 32.2. The fraction of sp³-hybridized carbons (Fsp3) is 0.500. The molecule has 1 aromatic carbocycles. The first-order chi connectivity index (χ1) is 9.75. The van der Waals surface area contributed by atoms with E-state index in [2.05, 4.69) is 5.32 Å². The Hall–Kier alpha value is -1.60. The molecular weight excluding hydrogens is 292 g/mol. The normalized spacial score (nSPS) is 11.2. The Morgan fingerprint density at radius 3 is 2.52 bits per heavy atom. The van der Waals surface area contributed by atoms with Crippen LogP contribution in [0, 0.1) is 13.8 Å². The molecule has 0 saturated carbocycles. The smallest absolute Gasteiger partial charge is 0.238 e. The number of hydrogen-bond donors (Lipinski definition) is 2. The first-order valence-electron chi connectivity index (χ1n) is 6.79. The summed E-state index contributed by atoms with van der Waals surface area (Å²) in [4.78, 5) is 11.4. The number of sulfonamides is 1. The van der Waals surface area contributed by atoms with E-state index in [1.54, 1.807) is 19.9 Å². The van der Waals surface area contributed by atoms with Gasteiger partial charge in [0.15, 0.2) is 0 Å². The van der Waals surface area contributed by atoms with Crippen molar-refractivity contribution in [3.05, 3.63) is 23.3 Å². The molecule has 0 aliphatic carbocycles. The van der Waals surface area contributed by atoms with Gasteiger partial charge in [-0.2, -0.15) is 0 Å². The molecule has 0 aliphatic heterocycles. The molecule has 118 valence electrons. The van der Waals surface area contributed by atoms with Crippen molar-refractivity contribution in [1.29, 1.82) is 0 Å². The number of hydrogen-bond acceptors (Lipinski definition) is 4. The molecule has 0 aliphatic rings. The maximum absolute atomic E-state index is 11.4. The Bertz CT molecular complexity index is 612. The molecule has 0 atom stereocenters. The van der Waals surface area contributed by atoms with Crippen molar-refractivity contribution >= 4 is 15.9 Å². The second kappa shape index (κ2) is 7.42. The lowest BCUT2D eigenvalue weighted by atomic mass is 10.1. The molecule has 21 heavy (non-hydrogen) atoms. The number of carbonyl (C=O) groups excluding carboxylic acids is 1. The number of primary sulfonamides is 1. The van der Waals surface area contributed by atoms with Gasteiger partial charge in [-0.25, -0.2) is 13.6 Å². The zero-order chi connectivity index (χ0) is 16.0. The lowest BCUT2D eigenvalue weighted by Gasteiger charge is -2.13. The molecule has 0 fully saturated rings. The Morgan fingerprint density at radius 2 is 1.95 bits per heavy atom. The van der Waals surface area contributed by atoms with Gasteiger partial charge in [-0.15, -0.1) is 0 Å². The first kappa shape index (κ1) is 17.5. The number of nitrogens with two attached hydrogens (primary N) is 1. The predicted molar refractivity (Wildman–Crippen MR) is 80.7 cm³/mol. The van der Waals surface area contributed by atoms with E-state index in [0.29, 0.717) is 36.4 Å². The molecule has 7 heteroatoms. The Balaban J connectivity index is 2.65. The van der Waals surface area contributed by atoms with Crippen molar-refractivity contribution in [2.75, 3.05) is 13.2 Å². The maximum atomic E-state index is 11.4. The van der Waals surface area contributed by atoms with Crippen LogP contribution in [0.5, 0.6) is 5.75 Å². The highest BCUT2D eigenvalue weighted by Gasteiger charge is 2.14. The van der Waals surface area contributed by atoms with Crippen molar-refractivity contribution in [1.82, 2.24) is 5.32 Å². The van der Waals surface area contributed by atoms with E-state index in [0.717, 1.165) is 6.42 Å². The van der Waals surface area contributed by atoms with Gasteiger partial charge in [0, 0.05) is 6.42 Å². The number of benzene rings is 1. The minimum atomic E-state index is -3.73. The first-order valence-corrected chi connectivity index (χ1v) is 8.34. The van der Waals surface area contributed by atoms with Crippen LogP contribution in [-0.2, 0) is 14.8 Å². The fourth-order valence-corrected chi connectivity index (χ4v) is 2.74. The van der Waals surface area contributed by atoms with Gasteiger partial charge in [0.05, 0.1) is 11.4 Å². The number of carbonyl (C=O) groups is 1. The van der Waals surface area contributed by atoms with Gasteiger partial charge in [0.25, 0.3) is 0 Å². The van der Waals surface area contributed by atoms with E-state index < -0.39 is 10.0 Å². The summed E-state index contributed by atoms with van der Waals surface area (Å²) in [5.74, 6) is 0.586. The molecule has 0 saturated heterocycles. The molecule has 3 N–H and O–H groups in total. The van der Waals surface area contributed by atoms with Crippen LogP contribution in [0.1, 0.15) is 30.9 Å². The number of amides is 1. The average molecular weight is 314 g/mol. The molecule has 0 aromatic heterocycles. The highest BCUT2D eigenvalue weighted by molar-refractivity contribution is 7.89. The fourth-order valence-electron chi connectivity index (χ4n) is 1.89. The largest absolute Gasteiger partial charge is 0.491 e. The molecule has 0 spiro atoms. The van der Waals surface area contributed by atoms with Crippen LogP contribution in [0.15, 0.2) is 17.0 Å². The van der Waals surface area contributed by atoms with Gasteiger partial charge >= 0.3 is 0 Å². The van der Waals surface area contributed by atoms with E-state index in [-0.39, 0.29) is 10.8 Å². The van der Waals surface area contributed by atoms with Crippen LogP contribution < -0.4 is 15.2 Å². The molecule has 0 heterocycles. The third kappa shape index (κ3) is 5.35. The van der Waals surface area contributed by atoms with E-state index in [9.17, 15) is 13.2 Å². The molecule has 1 amide bonds. The third-order valence-corrected chi connectivity index (χ3v) is 3.99. The Kier molecular flexibility index (Phi) is 6.17. The summed E-state index contributed by atoms with van der Waals surface area (Å²) in [6, 6.07) is 3.14. The lowest BCUT2D eigenvalue weighted by molar-refractivity contribution is -0.121. The second-order valence-electron chi connectivity index (χ2n) is 4.88. The standard InChI is InChI=1S/C14H22N2O4S/c1-4-5-14(17)16-6-7-20-12-8-11(3)13(9-10(12)2)21(15,18)19/h8-9H,4-7H2,1-3H3,(H,16,17)(H2,15,18,19). The Labute approximate surface area is 125 Å². The lowest BCUT2D eigenvalue weighted by Crippen LogP contribution is -2.27. The van der Waals surface area contributed by atoms with Gasteiger partial charge in [-0.05, 0) is 43.5 Å². The van der Waals surface area contributed by atoms with Gasteiger partial charge in [-0.3, -0.25) is 4.79 Å². The van der Waals surface area contributed by atoms with Crippen molar-refractivity contribution in [2.24, 2.45) is 5.14 Å². The maximum Gasteiger partial charge on any atom is 0.238 e. The molecule has 6 nitrogen and oxygen atoms in total. The quantitative estimate of drug-likeness (QED) is 0.740. The summed E-state index contributed by atoms with van der Waals surface area (Å²) in [5, 5.41) is 7.89. The van der Waals surface area contributed by atoms with E-state index in [4.69, 9.17) is 9.88 Å². The van der Waals surface area contributed by atoms with Gasteiger partial charge in [0.1, 0.15) is 12.4 Å². The number of ether oxygens (including phenoxy) is 1. The predicted octanol–water partition coefficient (Wildman–Crippen LogP) is 1.25. The zero-order valence-corrected chi connectivity index (χ0v) is 13.4. The van der Waals surface area contributed by atoms with Crippen molar-refractivity contribution in [2.45, 2.75) is 38.5 Å². The SMILES string of the molecule is CCCC(=O)NCCOc1cc(C)c(S(N)(=O)=O)cc1C. The number of rotatable bonds is 7. The summed E-state index contributed by atoms with van der Waals surface area (Å²) in [6.07, 6.45) is 1.31. The van der Waals surface area contributed by atoms with E-state index >= 15 is 0 Å². The number of aryl methyl sites for hydroxylation is 2. The molecule has 0 unspecified atom stereocenters. The van der Waals surface area contributed by atoms with Crippen molar-refractivity contribution in [3.8, 4) is 5.75 Å². The summed E-state index contributed by atoms with van der Waals surface area (Å²) < 4.78 is 28.4. The van der Waals surface area contributed by atoms with E-state index in [1.165, 1.54) is 6.07 Å². The topological polar surface area (TPSA) is 98.5 Å². The third-order valence-electron chi connectivity index (χ3n) is 2.94. The van der Waals surface area contributed by atoms with Gasteiger partial charge in [0.2, 0.25) is 15.9 Å². The van der Waals surface area contributed by atoms with Crippen LogP contribution in [0.4, 0.5) is 0 Å². The monoisotopic (exact) mass is 314 g/mol. The summed E-state index contributed by atoms with van der Waals surface area (Å²) in [5.41, 5.74) is 1.22. The summed E-state index contributed by atoms with van der Waals surface area (Å²) in [7, 11) is -3.73. The molecular formula is C14H22N2O4S. The van der Waals surface area contributed by atoms with Crippen LogP contribution in [0.25, 0.3) is 0 Å². The van der Waals surface area contributed by atoms with Crippen LogP contribution in [0.3, 0.4) is 0 Å². The summed E-state index contributed by atoms with van der Waals surface area (Å²) >= 11 is 0. The van der Waals surface area contributed by atoms with Crippen LogP contribution in [-0.4, -0.2) is 27.5 Å². The summed E-state index contributed by atoms with van der Waals surface area (Å²) in [6.45, 7) is 6.09. The average Bonchev–Trinajstić information content (AvgIpc) is 2.37. The molecule has 1 aromatic rings. The molecule has 0 bridgehead atoms. The second-order valence-corrected chi connectivity index (χ2v) is 6.41. The molecule has 1 rings (SSSR count). The van der Waals surface area contributed by atoms with Crippen LogP contribution >= 0.6 is 0 Å². The minimum absolute atomic E-state index is 0.00132. The molecule has 0 radical (unpaired) electrons. The van der Waals surface area contributed by atoms with Crippen LogP contribution in [0.2, 0.25) is 0 Å². The minimum Gasteiger partial charge on any atom is -0.491 e. The van der Waals surface area contributed by atoms with Gasteiger partial charge < -0.3 is 10.1 Å². The van der Waals surface area contributed by atoms with Crippen molar-refractivity contribution in [3.63, 3.8) is 0 Å². The highest BCUT2D eigenvalue weighted by Crippen LogP contribution is 2.25. The van der Waals surface area contributed by atoms with Gasteiger partial charge in [-0.1, -0.05) is 6.92 Å².